The number of carbonyl (C=O) groups excluding carboxylic acids is 2. The molecule has 0 bridgehead atoms. The number of carbonyl (C=O) groups is 2. The topological polar surface area (TPSA) is 89.5 Å². The minimum Gasteiger partial charge on any atom is -0.493 e. The zero-order valence-corrected chi connectivity index (χ0v) is 19.4. The van der Waals surface area contributed by atoms with Crippen LogP contribution in [0.5, 0.6) is 23.0 Å². The molecule has 1 fully saturated rings. The molecule has 4 rings (SSSR count). The minimum atomic E-state index is -0.422. The van der Waals surface area contributed by atoms with Crippen molar-refractivity contribution >= 4 is 11.9 Å². The lowest BCUT2D eigenvalue weighted by Gasteiger charge is -2.36. The van der Waals surface area contributed by atoms with Gasteiger partial charge < -0.3 is 28.4 Å². The van der Waals surface area contributed by atoms with Crippen molar-refractivity contribution < 1.29 is 38.0 Å². The summed E-state index contributed by atoms with van der Waals surface area (Å²) in [4.78, 5) is 23.2. The molecule has 33 heavy (non-hydrogen) atoms. The van der Waals surface area contributed by atoms with Gasteiger partial charge in [-0.1, -0.05) is 6.07 Å². The Morgan fingerprint density at radius 2 is 1.52 bits per heavy atom. The average Bonchev–Trinajstić information content (AvgIpc) is 3.19. The molecular weight excluding hydrogens is 428 g/mol. The molecule has 8 nitrogen and oxygen atoms in total. The number of methoxy groups -OCH3 is 3. The van der Waals surface area contributed by atoms with Gasteiger partial charge in [0.15, 0.2) is 29.3 Å². The number of hydrogen-bond donors (Lipinski definition) is 0. The number of benzene rings is 2. The maximum atomic E-state index is 11.7. The fourth-order valence-electron chi connectivity index (χ4n) is 5.00. The molecule has 1 aliphatic carbocycles. The Morgan fingerprint density at radius 3 is 2.15 bits per heavy atom. The molecule has 2 aliphatic rings. The van der Waals surface area contributed by atoms with Gasteiger partial charge in [-0.25, -0.2) is 0 Å². The molecular formula is C25H28O8. The Balaban J connectivity index is 1.86. The standard InChI is InChI=1S/C25H28O8/c1-13(26)32-20-7-6-15(9-21(20)28-3)24-17-11-23(33-14(2)27)22(29-4)10-16(17)8-18-19(24)12-31-25(18)30-5/h6-7,9-11,18-19,24-25H,8,12H2,1-5H3/t18-,19-,24-,25-/m0/s1. The van der Waals surface area contributed by atoms with Gasteiger partial charge in [-0.2, -0.15) is 0 Å². The second-order valence-corrected chi connectivity index (χ2v) is 8.25. The molecule has 1 heterocycles. The summed E-state index contributed by atoms with van der Waals surface area (Å²) in [6, 6.07) is 9.34. The number of rotatable bonds is 6. The van der Waals surface area contributed by atoms with E-state index >= 15 is 0 Å². The smallest absolute Gasteiger partial charge is 0.308 e. The first-order valence-corrected chi connectivity index (χ1v) is 10.8. The van der Waals surface area contributed by atoms with Crippen molar-refractivity contribution in [1.82, 2.24) is 0 Å². The molecule has 1 saturated heterocycles. The van der Waals surface area contributed by atoms with Crippen molar-refractivity contribution in [2.75, 3.05) is 27.9 Å². The predicted molar refractivity (Wildman–Crippen MR) is 118 cm³/mol. The normalized spacial score (nSPS) is 23.3. The summed E-state index contributed by atoms with van der Waals surface area (Å²) in [5.41, 5.74) is 3.07. The molecule has 0 amide bonds. The third-order valence-electron chi connectivity index (χ3n) is 6.28. The molecule has 0 aromatic heterocycles. The van der Waals surface area contributed by atoms with Crippen LogP contribution < -0.4 is 18.9 Å². The first-order valence-electron chi connectivity index (χ1n) is 10.8. The van der Waals surface area contributed by atoms with Crippen LogP contribution in [0.2, 0.25) is 0 Å². The third-order valence-corrected chi connectivity index (χ3v) is 6.28. The maximum Gasteiger partial charge on any atom is 0.308 e. The van der Waals surface area contributed by atoms with E-state index in [2.05, 4.69) is 0 Å². The second kappa shape index (κ2) is 9.41. The van der Waals surface area contributed by atoms with E-state index in [4.69, 9.17) is 28.4 Å². The van der Waals surface area contributed by atoms with E-state index in [9.17, 15) is 9.59 Å². The van der Waals surface area contributed by atoms with Gasteiger partial charge in [-0.05, 0) is 47.4 Å². The summed E-state index contributed by atoms with van der Waals surface area (Å²) >= 11 is 0. The molecule has 0 saturated carbocycles. The van der Waals surface area contributed by atoms with Gasteiger partial charge in [-0.3, -0.25) is 9.59 Å². The van der Waals surface area contributed by atoms with E-state index in [1.165, 1.54) is 21.0 Å². The van der Waals surface area contributed by atoms with Crippen molar-refractivity contribution in [3.05, 3.63) is 47.0 Å². The fourth-order valence-corrected chi connectivity index (χ4v) is 5.00. The van der Waals surface area contributed by atoms with Gasteiger partial charge in [0.2, 0.25) is 0 Å². The first kappa shape index (κ1) is 23.1. The third kappa shape index (κ3) is 4.41. The molecule has 0 spiro atoms. The highest BCUT2D eigenvalue weighted by molar-refractivity contribution is 5.71. The van der Waals surface area contributed by atoms with Gasteiger partial charge in [-0.15, -0.1) is 0 Å². The van der Waals surface area contributed by atoms with Crippen LogP contribution in [-0.4, -0.2) is 46.2 Å². The van der Waals surface area contributed by atoms with Crippen LogP contribution >= 0.6 is 0 Å². The van der Waals surface area contributed by atoms with Crippen molar-refractivity contribution in [3.63, 3.8) is 0 Å². The summed E-state index contributed by atoms with van der Waals surface area (Å²) < 4.78 is 33.3. The van der Waals surface area contributed by atoms with Crippen LogP contribution in [0.15, 0.2) is 30.3 Å². The molecule has 8 heteroatoms. The second-order valence-electron chi connectivity index (χ2n) is 8.25. The van der Waals surface area contributed by atoms with Gasteiger partial charge in [0.1, 0.15) is 0 Å². The molecule has 176 valence electrons. The lowest BCUT2D eigenvalue weighted by atomic mass is 9.67. The van der Waals surface area contributed by atoms with Gasteiger partial charge in [0.25, 0.3) is 0 Å². The van der Waals surface area contributed by atoms with E-state index in [1.807, 2.05) is 24.3 Å². The number of esters is 2. The lowest BCUT2D eigenvalue weighted by Crippen LogP contribution is -2.33. The van der Waals surface area contributed by atoms with E-state index in [0.29, 0.717) is 29.6 Å². The molecule has 0 unspecified atom stereocenters. The summed E-state index contributed by atoms with van der Waals surface area (Å²) in [5, 5.41) is 0. The van der Waals surface area contributed by atoms with Crippen LogP contribution in [0.4, 0.5) is 0 Å². The Hall–Kier alpha value is -3.10. The molecule has 1 aliphatic heterocycles. The molecule has 4 atom stereocenters. The summed E-state index contributed by atoms with van der Waals surface area (Å²) in [6.07, 6.45) is 0.431. The Labute approximate surface area is 192 Å². The fraction of sp³-hybridized carbons (Fsp3) is 0.440. The Kier molecular flexibility index (Phi) is 6.58. The lowest BCUT2D eigenvalue weighted by molar-refractivity contribution is -0.132. The highest BCUT2D eigenvalue weighted by Gasteiger charge is 2.47. The van der Waals surface area contributed by atoms with Gasteiger partial charge >= 0.3 is 11.9 Å². The van der Waals surface area contributed by atoms with Crippen LogP contribution in [0.1, 0.15) is 36.5 Å². The van der Waals surface area contributed by atoms with Crippen molar-refractivity contribution in [2.24, 2.45) is 11.8 Å². The Morgan fingerprint density at radius 1 is 0.848 bits per heavy atom. The van der Waals surface area contributed by atoms with Gasteiger partial charge in [0.05, 0.1) is 20.8 Å². The minimum absolute atomic E-state index is 0.0839. The molecule has 0 radical (unpaired) electrons. The van der Waals surface area contributed by atoms with E-state index < -0.39 is 11.9 Å². The van der Waals surface area contributed by atoms with Crippen LogP contribution in [0.25, 0.3) is 0 Å². The quantitative estimate of drug-likeness (QED) is 0.482. The largest absolute Gasteiger partial charge is 0.493 e. The first-order chi connectivity index (χ1) is 15.9. The molecule has 0 N–H and O–H groups in total. The zero-order chi connectivity index (χ0) is 23.7. The average molecular weight is 456 g/mol. The SMILES string of the molecule is COc1cc([C@H]2c3cc(OC(C)=O)c(OC)cc3C[C@@H]3[C@@H](OC)OC[C@H]23)ccc1OC(C)=O. The molecule has 2 aromatic carbocycles. The van der Waals surface area contributed by atoms with Crippen LogP contribution in [0.3, 0.4) is 0 Å². The zero-order valence-electron chi connectivity index (χ0n) is 19.4. The predicted octanol–water partition coefficient (Wildman–Crippen LogP) is 3.48. The maximum absolute atomic E-state index is 11.7. The summed E-state index contributed by atoms with van der Waals surface area (Å²) in [6.45, 7) is 3.23. The molecule has 2 aromatic rings. The number of ether oxygens (including phenoxy) is 6. The number of hydrogen-bond acceptors (Lipinski definition) is 8. The van der Waals surface area contributed by atoms with Crippen LogP contribution in [-0.2, 0) is 25.5 Å². The van der Waals surface area contributed by atoms with Gasteiger partial charge in [0, 0.05) is 38.7 Å². The number of fused-ring (bicyclic) bond motifs is 2. The van der Waals surface area contributed by atoms with E-state index in [0.717, 1.165) is 23.1 Å². The highest BCUT2D eigenvalue weighted by atomic mass is 16.7. The summed E-state index contributed by atoms with van der Waals surface area (Å²) in [5.74, 6) is 1.02. The van der Waals surface area contributed by atoms with Crippen molar-refractivity contribution in [1.29, 1.82) is 0 Å². The van der Waals surface area contributed by atoms with Crippen molar-refractivity contribution in [2.45, 2.75) is 32.5 Å². The Bertz CT molecular complexity index is 1060. The highest BCUT2D eigenvalue weighted by Crippen LogP contribution is 2.51. The van der Waals surface area contributed by atoms with E-state index in [1.54, 1.807) is 20.3 Å². The monoisotopic (exact) mass is 456 g/mol. The summed E-state index contributed by atoms with van der Waals surface area (Å²) in [7, 11) is 4.74. The van der Waals surface area contributed by atoms with Crippen molar-refractivity contribution in [3.8, 4) is 23.0 Å². The van der Waals surface area contributed by atoms with E-state index in [-0.39, 0.29) is 24.0 Å². The van der Waals surface area contributed by atoms with Crippen LogP contribution in [0, 0.1) is 11.8 Å².